The lowest BCUT2D eigenvalue weighted by Gasteiger charge is -2.26. The molecule has 1 heterocycles. The van der Waals surface area contributed by atoms with Crippen molar-refractivity contribution in [3.63, 3.8) is 0 Å². The van der Waals surface area contributed by atoms with E-state index < -0.39 is 11.7 Å². The Morgan fingerprint density at radius 3 is 2.58 bits per heavy atom. The van der Waals surface area contributed by atoms with E-state index in [9.17, 15) is 9.18 Å². The van der Waals surface area contributed by atoms with Gasteiger partial charge in [-0.05, 0) is 98.4 Å². The molecule has 2 aromatic carbocycles. The molecule has 3 rings (SSSR count). The molecule has 0 aliphatic carbocycles. The second-order valence-corrected chi connectivity index (χ2v) is 10.7. The Kier molecular flexibility index (Phi) is 9.66. The monoisotopic (exact) mass is 576 g/mol. The van der Waals surface area contributed by atoms with Crippen molar-refractivity contribution in [3.8, 4) is 0 Å². The van der Waals surface area contributed by atoms with Crippen LogP contribution in [0.1, 0.15) is 44.5 Å². The molecule has 0 spiro atoms. The number of carbonyl (C=O) groups excluding carboxylic acids is 1. The molecule has 0 unspecified atom stereocenters. The van der Waals surface area contributed by atoms with Gasteiger partial charge in [-0.2, -0.15) is 4.98 Å². The molecule has 192 valence electrons. The summed E-state index contributed by atoms with van der Waals surface area (Å²) >= 11 is 4.94. The fourth-order valence-electron chi connectivity index (χ4n) is 3.05. The minimum Gasteiger partial charge on any atom is -0.379 e. The number of hydrogen-bond donors (Lipinski definition) is 4. The first-order valence-electron chi connectivity index (χ1n) is 11.3. The van der Waals surface area contributed by atoms with Gasteiger partial charge in [0.1, 0.15) is 11.6 Å². The van der Waals surface area contributed by atoms with E-state index in [1.54, 1.807) is 24.2 Å². The summed E-state index contributed by atoms with van der Waals surface area (Å²) in [5.74, 6) is -0.919. The van der Waals surface area contributed by atoms with Crippen molar-refractivity contribution in [3.05, 3.63) is 64.5 Å². The highest BCUT2D eigenvalue weighted by molar-refractivity contribution is 9.10. The highest BCUT2D eigenvalue weighted by Gasteiger charge is 2.18. The van der Waals surface area contributed by atoms with Gasteiger partial charge in [0, 0.05) is 28.9 Å². The Morgan fingerprint density at radius 1 is 1.19 bits per heavy atom. The molecule has 0 fully saturated rings. The number of nitrogens with zero attached hydrogens (tertiary/aromatic N) is 2. The third kappa shape index (κ3) is 8.16. The Balaban J connectivity index is 1.64. The topological polar surface area (TPSA) is 114 Å². The first-order valence-corrected chi connectivity index (χ1v) is 13.0. The number of benzene rings is 2. The molecule has 11 heteroatoms. The smallest absolute Gasteiger partial charge is 0.253 e. The maximum Gasteiger partial charge on any atom is 0.253 e. The molecular weight excluding hydrogens is 547 g/mol. The van der Waals surface area contributed by atoms with Crippen LogP contribution < -0.4 is 21.1 Å². The minimum atomic E-state index is -0.876. The lowest BCUT2D eigenvalue weighted by atomic mass is 10.0. The zero-order chi connectivity index (χ0) is 26.3. The van der Waals surface area contributed by atoms with Gasteiger partial charge in [0.2, 0.25) is 5.95 Å². The average Bonchev–Trinajstić information content (AvgIpc) is 2.80. The van der Waals surface area contributed by atoms with Crippen LogP contribution in [0.4, 0.5) is 27.5 Å². The van der Waals surface area contributed by atoms with E-state index >= 15 is 0 Å². The highest BCUT2D eigenvalue weighted by Crippen LogP contribution is 2.29. The predicted octanol–water partition coefficient (Wildman–Crippen LogP) is 6.15. The Hall–Kier alpha value is -2.73. The zero-order valence-corrected chi connectivity index (χ0v) is 23.0. The number of carbonyl (C=O) groups is 1. The number of hydrogen-bond acceptors (Lipinski definition) is 8. The van der Waals surface area contributed by atoms with Crippen molar-refractivity contribution in [2.45, 2.75) is 50.7 Å². The van der Waals surface area contributed by atoms with E-state index in [0.29, 0.717) is 22.8 Å². The van der Waals surface area contributed by atoms with Crippen LogP contribution in [0.25, 0.3) is 0 Å². The third-order valence-corrected chi connectivity index (χ3v) is 6.73. The standard InChI is InChI=1S/C25H30BrFN6O2S/c1-15(2)35-13-12-25(3,4)33-36-17-10-8-16(9-11-17)30-24-29-14-18(26)23(32-24)31-20-7-5-6-19(27)21(20)22(28)34/h5-11,14-15,33H,12-13H2,1-4H3,(H2,28,34)(H2,29,30,31,32). The number of nitrogens with two attached hydrogens (primary N) is 1. The number of primary amides is 1. The largest absolute Gasteiger partial charge is 0.379 e. The molecule has 1 aromatic heterocycles. The van der Waals surface area contributed by atoms with Gasteiger partial charge < -0.3 is 21.1 Å². The average molecular weight is 578 g/mol. The van der Waals surface area contributed by atoms with E-state index in [0.717, 1.165) is 17.0 Å². The number of halogens is 2. The molecule has 0 radical (unpaired) electrons. The summed E-state index contributed by atoms with van der Waals surface area (Å²) in [4.78, 5) is 21.5. The Labute approximate surface area is 223 Å². The van der Waals surface area contributed by atoms with E-state index in [2.05, 4.69) is 55.1 Å². The second-order valence-electron chi connectivity index (χ2n) is 8.95. The molecule has 1 amide bonds. The van der Waals surface area contributed by atoms with E-state index in [1.165, 1.54) is 12.1 Å². The number of nitrogens with one attached hydrogen (secondary N) is 3. The summed E-state index contributed by atoms with van der Waals surface area (Å²) in [5, 5.41) is 6.10. The minimum absolute atomic E-state index is 0.0822. The van der Waals surface area contributed by atoms with Gasteiger partial charge in [0.25, 0.3) is 5.91 Å². The summed E-state index contributed by atoms with van der Waals surface area (Å²) in [6.45, 7) is 9.06. The molecule has 8 nitrogen and oxygen atoms in total. The molecule has 0 aliphatic rings. The number of amides is 1. The number of ether oxygens (including phenoxy) is 1. The predicted molar refractivity (Wildman–Crippen MR) is 146 cm³/mol. The molecule has 0 saturated carbocycles. The Morgan fingerprint density at radius 2 is 1.92 bits per heavy atom. The van der Waals surface area contributed by atoms with Gasteiger partial charge in [0.15, 0.2) is 0 Å². The number of rotatable bonds is 12. The second kappa shape index (κ2) is 12.5. The van der Waals surface area contributed by atoms with Gasteiger partial charge in [0.05, 0.1) is 21.8 Å². The molecule has 3 aromatic rings. The van der Waals surface area contributed by atoms with Gasteiger partial charge in [-0.3, -0.25) is 9.52 Å². The van der Waals surface area contributed by atoms with Gasteiger partial charge in [-0.15, -0.1) is 0 Å². The van der Waals surface area contributed by atoms with Crippen LogP contribution in [0.2, 0.25) is 0 Å². The van der Waals surface area contributed by atoms with Crippen molar-refractivity contribution >= 4 is 56.9 Å². The molecular formula is C25H30BrFN6O2S. The summed E-state index contributed by atoms with van der Waals surface area (Å²) in [7, 11) is 0. The van der Waals surface area contributed by atoms with Crippen LogP contribution in [-0.4, -0.2) is 34.1 Å². The van der Waals surface area contributed by atoms with Crippen molar-refractivity contribution in [2.75, 3.05) is 17.2 Å². The normalized spacial score (nSPS) is 11.5. The molecule has 0 saturated heterocycles. The van der Waals surface area contributed by atoms with Crippen LogP contribution >= 0.6 is 27.9 Å². The molecule has 0 aliphatic heterocycles. The SMILES string of the molecule is CC(C)OCCC(C)(C)NSc1ccc(Nc2ncc(Br)c(Nc3cccc(F)c3C(N)=O)n2)cc1. The van der Waals surface area contributed by atoms with Crippen molar-refractivity contribution in [2.24, 2.45) is 5.73 Å². The fourth-order valence-corrected chi connectivity index (χ4v) is 4.11. The Bertz CT molecular complexity index is 1190. The first kappa shape index (κ1) is 27.9. The van der Waals surface area contributed by atoms with Gasteiger partial charge in [-0.25, -0.2) is 9.37 Å². The highest BCUT2D eigenvalue weighted by atomic mass is 79.9. The lowest BCUT2D eigenvalue weighted by molar-refractivity contribution is 0.0667. The van der Waals surface area contributed by atoms with Gasteiger partial charge >= 0.3 is 0 Å². The first-order chi connectivity index (χ1) is 17.0. The van der Waals surface area contributed by atoms with Crippen molar-refractivity contribution in [1.29, 1.82) is 0 Å². The molecule has 0 bridgehead atoms. The fraction of sp³-hybridized carbons (Fsp3) is 0.320. The van der Waals surface area contributed by atoms with Crippen LogP contribution in [0.3, 0.4) is 0 Å². The lowest BCUT2D eigenvalue weighted by Crippen LogP contribution is -2.35. The maximum absolute atomic E-state index is 14.1. The molecule has 5 N–H and O–H groups in total. The van der Waals surface area contributed by atoms with Crippen LogP contribution in [0.5, 0.6) is 0 Å². The van der Waals surface area contributed by atoms with Crippen molar-refractivity contribution in [1.82, 2.24) is 14.7 Å². The van der Waals surface area contributed by atoms with Crippen LogP contribution in [0.15, 0.2) is 58.0 Å². The van der Waals surface area contributed by atoms with E-state index in [-0.39, 0.29) is 22.9 Å². The number of aromatic nitrogens is 2. The number of anilines is 4. The zero-order valence-electron chi connectivity index (χ0n) is 20.6. The maximum atomic E-state index is 14.1. The van der Waals surface area contributed by atoms with E-state index in [1.807, 2.05) is 38.1 Å². The van der Waals surface area contributed by atoms with Crippen LogP contribution in [-0.2, 0) is 4.74 Å². The van der Waals surface area contributed by atoms with Crippen molar-refractivity contribution < 1.29 is 13.9 Å². The summed E-state index contributed by atoms with van der Waals surface area (Å²) < 4.78 is 23.8. The van der Waals surface area contributed by atoms with Gasteiger partial charge in [-0.1, -0.05) is 6.07 Å². The summed E-state index contributed by atoms with van der Waals surface area (Å²) in [6, 6.07) is 12.0. The third-order valence-electron chi connectivity index (χ3n) is 4.99. The summed E-state index contributed by atoms with van der Waals surface area (Å²) in [5.41, 5.74) is 6.02. The quantitative estimate of drug-likeness (QED) is 0.190. The summed E-state index contributed by atoms with van der Waals surface area (Å²) in [6.07, 6.45) is 2.68. The van der Waals surface area contributed by atoms with E-state index in [4.69, 9.17) is 10.5 Å². The van der Waals surface area contributed by atoms with Crippen LogP contribution in [0, 0.1) is 5.82 Å². The molecule has 36 heavy (non-hydrogen) atoms. The molecule has 0 atom stereocenters.